The van der Waals surface area contributed by atoms with Crippen LogP contribution in [0.15, 0.2) is 34.9 Å². The van der Waals surface area contributed by atoms with Gasteiger partial charge in [0.2, 0.25) is 5.89 Å². The second-order valence-electron chi connectivity index (χ2n) is 5.30. The second-order valence-corrected chi connectivity index (χ2v) is 5.30. The van der Waals surface area contributed by atoms with Gasteiger partial charge in [0.25, 0.3) is 0 Å². The van der Waals surface area contributed by atoms with Crippen LogP contribution in [0.3, 0.4) is 0 Å². The Bertz CT molecular complexity index is 553. The number of aromatic nitrogens is 2. The van der Waals surface area contributed by atoms with Gasteiger partial charge in [-0.2, -0.15) is 4.98 Å². The zero-order chi connectivity index (χ0) is 13.6. The number of hydrogen-bond donors (Lipinski definition) is 0. The molecule has 0 bridgehead atoms. The molecule has 0 spiro atoms. The molecule has 1 aromatic carbocycles. The van der Waals surface area contributed by atoms with Crippen molar-refractivity contribution in [1.82, 2.24) is 10.1 Å². The first-order valence-electron chi connectivity index (χ1n) is 7.27. The van der Waals surface area contributed by atoms with Crippen LogP contribution in [0.4, 0.5) is 0 Å². The highest BCUT2D eigenvalue weighted by Crippen LogP contribution is 2.25. The van der Waals surface area contributed by atoms with E-state index in [0.717, 1.165) is 17.9 Å². The van der Waals surface area contributed by atoms with Gasteiger partial charge in [-0.25, -0.2) is 0 Å². The zero-order valence-corrected chi connectivity index (χ0v) is 11.5. The Hall–Kier alpha value is -1.90. The second kappa shape index (κ2) is 6.51. The van der Waals surface area contributed by atoms with Gasteiger partial charge in [-0.3, -0.25) is 0 Å². The molecule has 20 heavy (non-hydrogen) atoms. The topological polar surface area (TPSA) is 38.9 Å². The van der Waals surface area contributed by atoms with Gasteiger partial charge in [-0.1, -0.05) is 41.6 Å². The number of rotatable bonds is 4. The lowest BCUT2D eigenvalue weighted by atomic mass is 9.87. The van der Waals surface area contributed by atoms with Gasteiger partial charge in [0.1, 0.15) is 0 Å². The summed E-state index contributed by atoms with van der Waals surface area (Å²) in [5, 5.41) is 4.02. The molecule has 3 nitrogen and oxygen atoms in total. The SMILES string of the molecule is [CH]1CCC(Cc2nc(C=Cc3ccccc3)no2)CC1. The predicted molar refractivity (Wildman–Crippen MR) is 79.6 cm³/mol. The van der Waals surface area contributed by atoms with Crippen molar-refractivity contribution in [3.63, 3.8) is 0 Å². The highest BCUT2D eigenvalue weighted by molar-refractivity contribution is 5.66. The summed E-state index contributed by atoms with van der Waals surface area (Å²) in [6, 6.07) is 10.1. The van der Waals surface area contributed by atoms with Gasteiger partial charge >= 0.3 is 0 Å². The first-order chi connectivity index (χ1) is 9.90. The highest BCUT2D eigenvalue weighted by Gasteiger charge is 2.17. The van der Waals surface area contributed by atoms with E-state index in [2.05, 4.69) is 28.7 Å². The summed E-state index contributed by atoms with van der Waals surface area (Å²) in [5.41, 5.74) is 1.14. The summed E-state index contributed by atoms with van der Waals surface area (Å²) >= 11 is 0. The lowest BCUT2D eigenvalue weighted by Gasteiger charge is -2.19. The lowest BCUT2D eigenvalue weighted by molar-refractivity contribution is 0.323. The molecule has 2 aromatic rings. The number of benzene rings is 1. The summed E-state index contributed by atoms with van der Waals surface area (Å²) in [7, 11) is 0. The van der Waals surface area contributed by atoms with E-state index in [0.29, 0.717) is 11.7 Å². The molecular weight excluding hydrogens is 248 g/mol. The molecule has 1 fully saturated rings. The fourth-order valence-electron chi connectivity index (χ4n) is 2.60. The molecule has 1 aromatic heterocycles. The van der Waals surface area contributed by atoms with Crippen molar-refractivity contribution in [2.75, 3.05) is 0 Å². The summed E-state index contributed by atoms with van der Waals surface area (Å²) in [6.07, 6.45) is 12.1. The van der Waals surface area contributed by atoms with Crippen LogP contribution in [0.1, 0.15) is 43.0 Å². The molecule has 3 rings (SSSR count). The van der Waals surface area contributed by atoms with Crippen LogP contribution in [0.5, 0.6) is 0 Å². The standard InChI is InChI=1S/C17H19N2O/c1-3-7-14(8-4-1)11-12-16-18-17(20-19-16)13-15-9-5-2-6-10-15/h1-4,7-8,11-12,15H,5-6,9-10,13H2. The average molecular weight is 267 g/mol. The maximum atomic E-state index is 5.33. The van der Waals surface area contributed by atoms with Crippen LogP contribution < -0.4 is 0 Å². The highest BCUT2D eigenvalue weighted by atomic mass is 16.5. The molecule has 1 heterocycles. The Labute approximate surface area is 119 Å². The minimum atomic E-state index is 0.659. The Morgan fingerprint density at radius 2 is 1.90 bits per heavy atom. The maximum Gasteiger partial charge on any atom is 0.227 e. The molecule has 0 N–H and O–H groups in total. The van der Waals surface area contributed by atoms with E-state index in [-0.39, 0.29) is 0 Å². The largest absolute Gasteiger partial charge is 0.339 e. The predicted octanol–water partition coefficient (Wildman–Crippen LogP) is 4.18. The molecule has 103 valence electrons. The molecule has 0 unspecified atom stereocenters. The maximum absolute atomic E-state index is 5.33. The average Bonchev–Trinajstić information content (AvgIpc) is 2.95. The Balaban J connectivity index is 1.60. The number of hydrogen-bond acceptors (Lipinski definition) is 3. The van der Waals surface area contributed by atoms with Crippen LogP contribution in [0.25, 0.3) is 12.2 Å². The van der Waals surface area contributed by atoms with Gasteiger partial charge in [-0.05, 0) is 49.7 Å². The van der Waals surface area contributed by atoms with Crippen LogP contribution in [0.2, 0.25) is 0 Å². The first kappa shape index (κ1) is 13.1. The summed E-state index contributed by atoms with van der Waals surface area (Å²) in [5.74, 6) is 2.13. The summed E-state index contributed by atoms with van der Waals surface area (Å²) in [6.45, 7) is 0. The van der Waals surface area contributed by atoms with Crippen molar-refractivity contribution < 1.29 is 4.52 Å². The van der Waals surface area contributed by atoms with E-state index >= 15 is 0 Å². The van der Waals surface area contributed by atoms with E-state index in [1.54, 1.807) is 0 Å². The van der Waals surface area contributed by atoms with Gasteiger partial charge in [0.15, 0.2) is 5.82 Å². The monoisotopic (exact) mass is 267 g/mol. The summed E-state index contributed by atoms with van der Waals surface area (Å²) in [4.78, 5) is 4.44. The van der Waals surface area contributed by atoms with E-state index in [1.807, 2.05) is 30.4 Å². The molecular formula is C17H19N2O. The minimum Gasteiger partial charge on any atom is -0.339 e. The van der Waals surface area contributed by atoms with E-state index in [9.17, 15) is 0 Å². The van der Waals surface area contributed by atoms with Gasteiger partial charge in [0, 0.05) is 6.42 Å². The van der Waals surface area contributed by atoms with Gasteiger partial charge < -0.3 is 4.52 Å². The van der Waals surface area contributed by atoms with Crippen molar-refractivity contribution in [2.24, 2.45) is 5.92 Å². The lowest BCUT2D eigenvalue weighted by Crippen LogP contribution is -2.09. The molecule has 0 amide bonds. The quantitative estimate of drug-likeness (QED) is 0.834. The molecule has 1 aliphatic rings. The van der Waals surface area contributed by atoms with Crippen molar-refractivity contribution in [2.45, 2.75) is 32.1 Å². The zero-order valence-electron chi connectivity index (χ0n) is 11.5. The number of nitrogens with zero attached hydrogens (tertiary/aromatic N) is 2. The Morgan fingerprint density at radius 1 is 1.10 bits per heavy atom. The molecule has 1 aliphatic carbocycles. The molecule has 1 saturated carbocycles. The fraction of sp³-hybridized carbons (Fsp3) is 0.353. The van der Waals surface area contributed by atoms with E-state index < -0.39 is 0 Å². The first-order valence-corrected chi connectivity index (χ1v) is 7.27. The third kappa shape index (κ3) is 3.56. The molecule has 0 aliphatic heterocycles. The third-order valence-electron chi connectivity index (χ3n) is 3.73. The minimum absolute atomic E-state index is 0.659. The molecule has 0 saturated heterocycles. The van der Waals surface area contributed by atoms with E-state index in [1.165, 1.54) is 25.7 Å². The molecule has 0 atom stereocenters. The molecule has 3 heteroatoms. The van der Waals surface area contributed by atoms with Crippen LogP contribution in [-0.4, -0.2) is 10.1 Å². The van der Waals surface area contributed by atoms with Crippen LogP contribution in [-0.2, 0) is 6.42 Å². The summed E-state index contributed by atoms with van der Waals surface area (Å²) < 4.78 is 5.33. The smallest absolute Gasteiger partial charge is 0.227 e. The van der Waals surface area contributed by atoms with Crippen LogP contribution >= 0.6 is 0 Å². The Kier molecular flexibility index (Phi) is 4.26. The van der Waals surface area contributed by atoms with Crippen LogP contribution in [0, 0.1) is 12.3 Å². The van der Waals surface area contributed by atoms with Crippen molar-refractivity contribution in [3.05, 3.63) is 54.0 Å². The normalized spacial score (nSPS) is 16.8. The third-order valence-corrected chi connectivity index (χ3v) is 3.73. The Morgan fingerprint density at radius 3 is 2.70 bits per heavy atom. The van der Waals surface area contributed by atoms with Gasteiger partial charge in [0.05, 0.1) is 0 Å². The van der Waals surface area contributed by atoms with Crippen molar-refractivity contribution >= 4 is 12.2 Å². The molecule has 1 radical (unpaired) electrons. The fourth-order valence-corrected chi connectivity index (χ4v) is 2.60. The van der Waals surface area contributed by atoms with Crippen molar-refractivity contribution in [1.29, 1.82) is 0 Å². The van der Waals surface area contributed by atoms with Gasteiger partial charge in [-0.15, -0.1) is 0 Å². The van der Waals surface area contributed by atoms with E-state index in [4.69, 9.17) is 4.52 Å². The van der Waals surface area contributed by atoms with Crippen molar-refractivity contribution in [3.8, 4) is 0 Å².